The van der Waals surface area contributed by atoms with Crippen molar-refractivity contribution in [1.29, 1.82) is 0 Å². The van der Waals surface area contributed by atoms with E-state index in [1.54, 1.807) is 0 Å². The van der Waals surface area contributed by atoms with Crippen LogP contribution in [0.4, 0.5) is 5.69 Å². The van der Waals surface area contributed by atoms with Crippen molar-refractivity contribution < 1.29 is 39.5 Å². The van der Waals surface area contributed by atoms with Crippen LogP contribution in [0.1, 0.15) is 85.1 Å². The van der Waals surface area contributed by atoms with Crippen LogP contribution >= 0.6 is 0 Å². The molecule has 13 heteroatoms. The van der Waals surface area contributed by atoms with Crippen LogP contribution in [0.25, 0.3) is 10.9 Å². The largest absolute Gasteiger partial charge is 0.467 e. The summed E-state index contributed by atoms with van der Waals surface area (Å²) in [6.07, 6.45) is 7.06. The Morgan fingerprint density at radius 2 is 1.88 bits per heavy atom. The summed E-state index contributed by atoms with van der Waals surface area (Å²) in [5, 5.41) is 51.2. The number of nitrogens with one attached hydrogen (secondary N) is 2. The first-order valence-corrected chi connectivity index (χ1v) is 21.6. The Kier molecular flexibility index (Phi) is 9.92. The van der Waals surface area contributed by atoms with E-state index in [0.29, 0.717) is 87.9 Å². The minimum Gasteiger partial charge on any atom is -0.467 e. The fraction of sp³-hybridized carbons (Fsp3) is 0.587. The van der Waals surface area contributed by atoms with E-state index in [0.717, 1.165) is 47.1 Å². The third kappa shape index (κ3) is 5.54. The van der Waals surface area contributed by atoms with E-state index in [2.05, 4.69) is 32.2 Å². The van der Waals surface area contributed by atoms with Gasteiger partial charge in [-0.25, -0.2) is 0 Å². The number of benzene rings is 2. The maximum absolute atomic E-state index is 14.6. The molecule has 6 N–H and O–H groups in total. The summed E-state index contributed by atoms with van der Waals surface area (Å²) in [5.41, 5.74) is -0.562. The van der Waals surface area contributed by atoms with Crippen LogP contribution in [0.2, 0.25) is 0 Å². The van der Waals surface area contributed by atoms with Crippen molar-refractivity contribution in [3.8, 4) is 0 Å². The van der Waals surface area contributed by atoms with Crippen molar-refractivity contribution in [2.45, 2.75) is 99.0 Å². The lowest BCUT2D eigenvalue weighted by molar-refractivity contribution is -0.203. The number of aliphatic hydroxyl groups is 4. The topological polar surface area (TPSA) is 179 Å². The average Bonchev–Trinajstić information content (AvgIpc) is 3.90. The van der Waals surface area contributed by atoms with Gasteiger partial charge in [0.15, 0.2) is 5.60 Å². The van der Waals surface area contributed by atoms with Gasteiger partial charge in [0.25, 0.3) is 12.4 Å². The smallest absolute Gasteiger partial charge is 0.293 e. The van der Waals surface area contributed by atoms with Crippen LogP contribution in [-0.4, -0.2) is 143 Å². The van der Waals surface area contributed by atoms with Gasteiger partial charge in [-0.15, -0.1) is 0 Å². The molecule has 5 aliphatic heterocycles. The second kappa shape index (κ2) is 14.5. The molecule has 6 aliphatic rings. The number of H-pyrrole nitrogens is 1. The van der Waals surface area contributed by atoms with Crippen LogP contribution in [-0.2, 0) is 31.6 Å². The minimum atomic E-state index is -2.29. The number of hydrogen-bond donors (Lipinski definition) is 6. The Morgan fingerprint density at radius 3 is 2.63 bits per heavy atom. The number of amides is 1. The normalized spacial score (nSPS) is 37.1. The molecule has 59 heavy (non-hydrogen) atoms. The quantitative estimate of drug-likeness (QED) is 0.0954. The van der Waals surface area contributed by atoms with E-state index >= 15 is 0 Å². The minimum absolute atomic E-state index is 0.0293. The summed E-state index contributed by atoms with van der Waals surface area (Å²) in [4.78, 5) is 51.1. The lowest BCUT2D eigenvalue weighted by atomic mass is 9.47. The monoisotopic (exact) mass is 809 g/mol. The van der Waals surface area contributed by atoms with Crippen molar-refractivity contribution in [2.24, 2.45) is 11.3 Å². The highest BCUT2D eigenvalue weighted by atomic mass is 16.5. The van der Waals surface area contributed by atoms with Crippen molar-refractivity contribution in [2.75, 3.05) is 64.4 Å². The first kappa shape index (κ1) is 40.3. The second-order valence-corrected chi connectivity index (χ2v) is 18.6. The van der Waals surface area contributed by atoms with Gasteiger partial charge in [0.2, 0.25) is 0 Å². The lowest BCUT2D eigenvalue weighted by Crippen LogP contribution is -2.81. The van der Waals surface area contributed by atoms with Gasteiger partial charge in [0.05, 0.1) is 17.1 Å². The molecular weight excluding hydrogens is 751 g/mol. The molecule has 1 aliphatic carbocycles. The van der Waals surface area contributed by atoms with Crippen LogP contribution in [0.3, 0.4) is 0 Å². The van der Waals surface area contributed by atoms with Gasteiger partial charge in [0.1, 0.15) is 19.0 Å². The molecule has 10 atom stereocenters. The number of fused-ring (bicyclic) bond motifs is 6. The number of piperidine rings is 1. The predicted molar refractivity (Wildman–Crippen MR) is 222 cm³/mol. The molecule has 3 fully saturated rings. The standard InChI is InChI=1S/C46H59N5O8/c1-4-42(57)22-29-23-44(27-59-28-54,37-32(12-17-50(24-29)26-42)31-10-6-7-11-35(31)48-37)33-21-34-36(20-30(33)25-53)49(3)39-45(34)14-18-51-16-8-13-43(5-2,38(45)51)40(55)46(39,58)41(56)47-15-9-19-52/h6-8,10-11,13,20-21,25,28-29,38-40,48,52,55,57-58H,4-5,9,12,14-19,22-24,26-27H2,1-3H3,(H,47,56)/t29-,38?,39?,40-,42?,43-,44+,45?,46+/m1/s1. The van der Waals surface area contributed by atoms with E-state index in [-0.39, 0.29) is 31.7 Å². The first-order valence-electron chi connectivity index (χ1n) is 21.6. The first-order chi connectivity index (χ1) is 28.4. The van der Waals surface area contributed by atoms with Gasteiger partial charge in [-0.2, -0.15) is 0 Å². The Bertz CT molecular complexity index is 2190. The highest BCUT2D eigenvalue weighted by Crippen LogP contribution is 2.67. The number of anilines is 1. The van der Waals surface area contributed by atoms with Crippen molar-refractivity contribution in [3.05, 3.63) is 76.5 Å². The van der Waals surface area contributed by atoms with E-state index < -0.39 is 45.5 Å². The molecule has 2 saturated heterocycles. The molecule has 6 heterocycles. The van der Waals surface area contributed by atoms with Gasteiger partial charge >= 0.3 is 0 Å². The zero-order valence-corrected chi connectivity index (χ0v) is 34.5. The maximum atomic E-state index is 14.6. The Labute approximate surface area is 345 Å². The molecule has 3 aromatic rings. The van der Waals surface area contributed by atoms with Gasteiger partial charge in [-0.05, 0) is 86.2 Å². The lowest BCUT2D eigenvalue weighted by Gasteiger charge is -2.63. The molecule has 0 radical (unpaired) electrons. The molecule has 2 aromatic carbocycles. The van der Waals surface area contributed by atoms with Gasteiger partial charge in [-0.3, -0.25) is 24.2 Å². The fourth-order valence-electron chi connectivity index (χ4n) is 13.5. The maximum Gasteiger partial charge on any atom is 0.293 e. The molecule has 13 nitrogen and oxygen atoms in total. The molecule has 4 unspecified atom stereocenters. The number of carbonyl (C=O) groups is 3. The number of aromatic nitrogens is 1. The van der Waals surface area contributed by atoms with Crippen LogP contribution in [0, 0.1) is 11.3 Å². The molecule has 2 bridgehead atoms. The number of aliphatic hydroxyl groups excluding tert-OH is 2. The Morgan fingerprint density at radius 1 is 1.07 bits per heavy atom. The van der Waals surface area contributed by atoms with Gasteiger partial charge in [-0.1, -0.05) is 50.3 Å². The van der Waals surface area contributed by atoms with Crippen LogP contribution < -0.4 is 10.2 Å². The molecule has 1 spiro atoms. The van der Waals surface area contributed by atoms with E-state index in [1.807, 2.05) is 62.2 Å². The number of nitrogens with zero attached hydrogens (tertiary/aromatic N) is 3. The highest BCUT2D eigenvalue weighted by Gasteiger charge is 2.78. The van der Waals surface area contributed by atoms with Crippen molar-refractivity contribution in [3.63, 3.8) is 0 Å². The summed E-state index contributed by atoms with van der Waals surface area (Å²) in [6, 6.07) is 10.9. The average molecular weight is 810 g/mol. The third-order valence-corrected chi connectivity index (χ3v) is 15.8. The van der Waals surface area contributed by atoms with Crippen molar-refractivity contribution >= 4 is 35.3 Å². The summed E-state index contributed by atoms with van der Waals surface area (Å²) >= 11 is 0. The zero-order valence-electron chi connectivity index (χ0n) is 34.5. The SMILES string of the molecule is CCC1(O)C[C@H]2C[N@](CCc3c([nH]c4ccccc34)[C@@](COC=O)(c3cc4c(cc3C=O)N(C)C3C45CCN4CC=C[C@](CC)(C45)[C@@H](O)[C@]3(O)C(=O)NCCCO)C2)C1. The number of ether oxygens (including phenoxy) is 1. The number of likely N-dealkylation sites (N-methyl/N-ethyl adjacent to an activating group) is 1. The van der Waals surface area contributed by atoms with Crippen LogP contribution in [0.5, 0.6) is 0 Å². The molecule has 9 rings (SSSR count). The number of para-hydroxylation sites is 1. The summed E-state index contributed by atoms with van der Waals surface area (Å²) in [7, 11) is 1.84. The summed E-state index contributed by atoms with van der Waals surface area (Å²) < 4.78 is 5.92. The second-order valence-electron chi connectivity index (χ2n) is 18.6. The molecule has 316 valence electrons. The number of aldehydes is 1. The number of hydrogen-bond acceptors (Lipinski definition) is 11. The Hall–Kier alpha value is -4.11. The summed E-state index contributed by atoms with van der Waals surface area (Å²) in [6.45, 7) is 7.77. The molecular formula is C46H59N5O8. The summed E-state index contributed by atoms with van der Waals surface area (Å²) in [5.74, 6) is -0.722. The van der Waals surface area contributed by atoms with E-state index in [1.165, 1.54) is 0 Å². The van der Waals surface area contributed by atoms with Gasteiger partial charge < -0.3 is 40.4 Å². The molecule has 1 aromatic heterocycles. The van der Waals surface area contributed by atoms with Crippen LogP contribution in [0.15, 0.2) is 48.6 Å². The molecule has 1 amide bonds. The fourth-order valence-corrected chi connectivity index (χ4v) is 13.5. The highest BCUT2D eigenvalue weighted by molar-refractivity contribution is 5.92. The third-order valence-electron chi connectivity index (χ3n) is 15.8. The Balaban J connectivity index is 1.32. The molecule has 1 saturated carbocycles. The van der Waals surface area contributed by atoms with Gasteiger partial charge in [0, 0.05) is 91.1 Å². The van der Waals surface area contributed by atoms with E-state index in [4.69, 9.17) is 4.74 Å². The number of rotatable bonds is 11. The van der Waals surface area contributed by atoms with Crippen molar-refractivity contribution in [1.82, 2.24) is 20.1 Å². The van der Waals surface area contributed by atoms with E-state index in [9.17, 15) is 34.8 Å². The zero-order chi connectivity index (χ0) is 41.5. The number of aromatic amines is 1. The predicted octanol–water partition coefficient (Wildman–Crippen LogP) is 2.55. The number of carbonyl (C=O) groups excluding carboxylic acids is 3.